The first-order valence-electron chi connectivity index (χ1n) is 7.82. The van der Waals surface area contributed by atoms with Crippen molar-refractivity contribution in [2.45, 2.75) is 58.9 Å². The molecule has 0 aliphatic carbocycles. The summed E-state index contributed by atoms with van der Waals surface area (Å²) in [5.41, 5.74) is 2.14. The van der Waals surface area contributed by atoms with Crippen LogP contribution < -0.4 is 0 Å². The number of fused-ring (bicyclic) bond motifs is 1. The molecule has 0 saturated heterocycles. The number of nitrogens with zero attached hydrogens (tertiary/aromatic N) is 2. The fourth-order valence-electron chi connectivity index (χ4n) is 2.80. The standard InChI is InChI=1S/C17H24N2O2/c1-4-6-8-12(3)19-15-10-9-13(17(20)21)11-14(15)18-16(19)7-5-2/h9-12H,4-8H2,1-3H3,(H,20,21). The van der Waals surface area contributed by atoms with Crippen LogP contribution in [0.2, 0.25) is 0 Å². The fraction of sp³-hybridized carbons (Fsp3) is 0.529. The van der Waals surface area contributed by atoms with Gasteiger partial charge in [-0.05, 0) is 38.0 Å². The highest BCUT2D eigenvalue weighted by Crippen LogP contribution is 2.26. The maximum atomic E-state index is 11.1. The first-order valence-corrected chi connectivity index (χ1v) is 7.82. The molecule has 21 heavy (non-hydrogen) atoms. The lowest BCUT2D eigenvalue weighted by Crippen LogP contribution is -2.09. The zero-order chi connectivity index (χ0) is 15.4. The normalized spacial score (nSPS) is 12.7. The van der Waals surface area contributed by atoms with E-state index in [1.807, 2.05) is 6.07 Å². The molecule has 0 aliphatic rings. The van der Waals surface area contributed by atoms with Crippen LogP contribution in [-0.4, -0.2) is 20.6 Å². The lowest BCUT2D eigenvalue weighted by atomic mass is 10.1. The Labute approximate surface area is 125 Å². The van der Waals surface area contributed by atoms with Gasteiger partial charge in [-0.2, -0.15) is 0 Å². The van der Waals surface area contributed by atoms with Crippen molar-refractivity contribution in [3.8, 4) is 0 Å². The zero-order valence-electron chi connectivity index (χ0n) is 13.1. The van der Waals surface area contributed by atoms with E-state index in [2.05, 4.69) is 30.3 Å². The van der Waals surface area contributed by atoms with Gasteiger partial charge in [-0.15, -0.1) is 0 Å². The molecule has 2 rings (SSSR count). The molecule has 1 N–H and O–H groups in total. The highest BCUT2D eigenvalue weighted by atomic mass is 16.4. The van der Waals surface area contributed by atoms with E-state index in [-0.39, 0.29) is 0 Å². The van der Waals surface area contributed by atoms with Gasteiger partial charge >= 0.3 is 5.97 Å². The van der Waals surface area contributed by atoms with Gasteiger partial charge in [0.05, 0.1) is 16.6 Å². The second kappa shape index (κ2) is 6.74. The molecule has 0 bridgehead atoms. The number of carboxylic acid groups (broad SMARTS) is 1. The number of rotatable bonds is 7. The molecular weight excluding hydrogens is 264 g/mol. The van der Waals surface area contributed by atoms with Crippen LogP contribution in [0.5, 0.6) is 0 Å². The lowest BCUT2D eigenvalue weighted by Gasteiger charge is -2.17. The van der Waals surface area contributed by atoms with Gasteiger partial charge in [0.15, 0.2) is 0 Å². The van der Waals surface area contributed by atoms with Gasteiger partial charge in [0.2, 0.25) is 0 Å². The molecule has 114 valence electrons. The Morgan fingerprint density at radius 3 is 2.71 bits per heavy atom. The van der Waals surface area contributed by atoms with Gasteiger partial charge in [-0.25, -0.2) is 9.78 Å². The molecule has 1 heterocycles. The Morgan fingerprint density at radius 2 is 2.10 bits per heavy atom. The van der Waals surface area contributed by atoms with Crippen molar-refractivity contribution in [1.82, 2.24) is 9.55 Å². The maximum Gasteiger partial charge on any atom is 0.335 e. The monoisotopic (exact) mass is 288 g/mol. The van der Waals surface area contributed by atoms with Crippen LogP contribution in [-0.2, 0) is 6.42 Å². The Kier molecular flexibility index (Phi) is 4.99. The minimum absolute atomic E-state index is 0.302. The van der Waals surface area contributed by atoms with Gasteiger partial charge < -0.3 is 9.67 Å². The van der Waals surface area contributed by atoms with E-state index in [0.717, 1.165) is 36.1 Å². The van der Waals surface area contributed by atoms with Gasteiger partial charge in [-0.1, -0.05) is 26.7 Å². The van der Waals surface area contributed by atoms with E-state index in [1.54, 1.807) is 12.1 Å². The molecule has 1 atom stereocenters. The van der Waals surface area contributed by atoms with Crippen molar-refractivity contribution in [3.63, 3.8) is 0 Å². The van der Waals surface area contributed by atoms with Gasteiger partial charge in [0.25, 0.3) is 0 Å². The zero-order valence-corrected chi connectivity index (χ0v) is 13.1. The summed E-state index contributed by atoms with van der Waals surface area (Å²) in [5.74, 6) is 0.168. The third kappa shape index (κ3) is 3.26. The molecule has 0 radical (unpaired) electrons. The van der Waals surface area contributed by atoms with E-state index in [4.69, 9.17) is 5.11 Å². The second-order valence-electron chi connectivity index (χ2n) is 5.65. The molecule has 4 heteroatoms. The van der Waals surface area contributed by atoms with Gasteiger partial charge in [0, 0.05) is 12.5 Å². The topological polar surface area (TPSA) is 55.1 Å². The lowest BCUT2D eigenvalue weighted by molar-refractivity contribution is 0.0697. The average Bonchev–Trinajstić information content (AvgIpc) is 2.82. The van der Waals surface area contributed by atoms with E-state index < -0.39 is 5.97 Å². The van der Waals surface area contributed by atoms with Crippen molar-refractivity contribution in [1.29, 1.82) is 0 Å². The molecule has 0 amide bonds. The summed E-state index contributed by atoms with van der Waals surface area (Å²) in [6.07, 6.45) is 5.46. The Hall–Kier alpha value is -1.84. The van der Waals surface area contributed by atoms with Crippen LogP contribution in [0.1, 0.15) is 68.7 Å². The first-order chi connectivity index (χ1) is 10.1. The Morgan fingerprint density at radius 1 is 1.33 bits per heavy atom. The van der Waals surface area contributed by atoms with Crippen molar-refractivity contribution < 1.29 is 9.90 Å². The van der Waals surface area contributed by atoms with Crippen LogP contribution in [0.25, 0.3) is 11.0 Å². The molecule has 1 aromatic carbocycles. The van der Waals surface area contributed by atoms with E-state index in [9.17, 15) is 4.79 Å². The third-order valence-corrected chi connectivity index (χ3v) is 3.90. The van der Waals surface area contributed by atoms with Crippen LogP contribution in [0.15, 0.2) is 18.2 Å². The van der Waals surface area contributed by atoms with Crippen LogP contribution >= 0.6 is 0 Å². The number of carbonyl (C=O) groups is 1. The van der Waals surface area contributed by atoms with Gasteiger partial charge in [-0.3, -0.25) is 0 Å². The summed E-state index contributed by atoms with van der Waals surface area (Å²) in [4.78, 5) is 15.8. The quantitative estimate of drug-likeness (QED) is 0.819. The average molecular weight is 288 g/mol. The predicted octanol–water partition coefficient (Wildman–Crippen LogP) is 4.44. The maximum absolute atomic E-state index is 11.1. The number of aromatic carboxylic acids is 1. The number of aryl methyl sites for hydroxylation is 1. The minimum atomic E-state index is -0.900. The van der Waals surface area contributed by atoms with Crippen LogP contribution in [0.3, 0.4) is 0 Å². The van der Waals surface area contributed by atoms with Crippen molar-refractivity contribution in [3.05, 3.63) is 29.6 Å². The Bertz CT molecular complexity index is 631. The van der Waals surface area contributed by atoms with Crippen molar-refractivity contribution in [2.24, 2.45) is 0 Å². The molecule has 0 spiro atoms. The van der Waals surface area contributed by atoms with Crippen LogP contribution in [0, 0.1) is 0 Å². The molecule has 0 aliphatic heterocycles. The molecule has 1 aromatic heterocycles. The fourth-order valence-corrected chi connectivity index (χ4v) is 2.80. The molecule has 0 fully saturated rings. The summed E-state index contributed by atoms with van der Waals surface area (Å²) in [5, 5.41) is 9.11. The summed E-state index contributed by atoms with van der Waals surface area (Å²) in [6, 6.07) is 5.64. The van der Waals surface area contributed by atoms with Gasteiger partial charge in [0.1, 0.15) is 5.82 Å². The molecule has 4 nitrogen and oxygen atoms in total. The number of hydrogen-bond donors (Lipinski definition) is 1. The number of carboxylic acids is 1. The van der Waals surface area contributed by atoms with E-state index in [1.165, 1.54) is 12.8 Å². The number of imidazole rings is 1. The smallest absolute Gasteiger partial charge is 0.335 e. The first kappa shape index (κ1) is 15.5. The minimum Gasteiger partial charge on any atom is -0.478 e. The highest BCUT2D eigenvalue weighted by Gasteiger charge is 2.16. The predicted molar refractivity (Wildman–Crippen MR) is 84.9 cm³/mol. The highest BCUT2D eigenvalue weighted by molar-refractivity contribution is 5.92. The number of hydrogen-bond acceptors (Lipinski definition) is 2. The van der Waals surface area contributed by atoms with Crippen molar-refractivity contribution in [2.75, 3.05) is 0 Å². The number of unbranched alkanes of at least 4 members (excludes halogenated alkanes) is 1. The van der Waals surface area contributed by atoms with Crippen LogP contribution in [0.4, 0.5) is 0 Å². The number of benzene rings is 1. The summed E-state index contributed by atoms with van der Waals surface area (Å²) in [6.45, 7) is 6.56. The van der Waals surface area contributed by atoms with E-state index in [0.29, 0.717) is 11.6 Å². The summed E-state index contributed by atoms with van der Waals surface area (Å²) in [7, 11) is 0. The number of aromatic nitrogens is 2. The molecular formula is C17H24N2O2. The summed E-state index contributed by atoms with van der Waals surface area (Å²) < 4.78 is 2.29. The largest absolute Gasteiger partial charge is 0.478 e. The van der Waals surface area contributed by atoms with Crippen molar-refractivity contribution >= 4 is 17.0 Å². The Balaban J connectivity index is 2.49. The molecule has 2 aromatic rings. The SMILES string of the molecule is CCCCC(C)n1c(CCC)nc2cc(C(=O)O)ccc21. The molecule has 1 unspecified atom stereocenters. The van der Waals surface area contributed by atoms with E-state index >= 15 is 0 Å². The third-order valence-electron chi connectivity index (χ3n) is 3.90. The molecule has 0 saturated carbocycles. The second-order valence-corrected chi connectivity index (χ2v) is 5.65. The summed E-state index contributed by atoms with van der Waals surface area (Å²) >= 11 is 0.